The highest BCUT2D eigenvalue weighted by Gasteiger charge is 2.56. The first-order valence-electron chi connectivity index (χ1n) is 5.71. The Hall–Kier alpha value is -0.990. The van der Waals surface area contributed by atoms with Crippen LogP contribution in [0.25, 0.3) is 0 Å². The molecule has 0 aliphatic heterocycles. The molecule has 0 aromatic rings. The summed E-state index contributed by atoms with van der Waals surface area (Å²) in [5, 5.41) is 19.8. The first-order valence-corrected chi connectivity index (χ1v) is 5.71. The van der Waals surface area contributed by atoms with Gasteiger partial charge in [-0.25, -0.2) is 0 Å². The maximum atomic E-state index is 10.6. The molecule has 2 nitrogen and oxygen atoms in total. The molecule has 1 aliphatic carbocycles. The van der Waals surface area contributed by atoms with Gasteiger partial charge >= 0.3 is 0 Å². The van der Waals surface area contributed by atoms with Crippen LogP contribution in [0, 0.1) is 35.0 Å². The summed E-state index contributed by atoms with van der Waals surface area (Å²) in [6.07, 6.45) is 9.59. The maximum absolute atomic E-state index is 10.6. The Bertz CT molecular complexity index is 301. The van der Waals surface area contributed by atoms with E-state index in [9.17, 15) is 10.4 Å². The second-order valence-corrected chi connectivity index (χ2v) is 4.47. The molecule has 0 unspecified atom stereocenters. The van der Waals surface area contributed by atoms with Gasteiger partial charge in [-0.15, -0.1) is 6.42 Å². The first-order chi connectivity index (χ1) is 7.10. The fraction of sp³-hybridized carbons (Fsp3) is 0.769. The fourth-order valence-electron chi connectivity index (χ4n) is 2.63. The van der Waals surface area contributed by atoms with Crippen molar-refractivity contribution < 1.29 is 5.11 Å². The van der Waals surface area contributed by atoms with Crippen molar-refractivity contribution in [2.24, 2.45) is 11.3 Å². The van der Waals surface area contributed by atoms with E-state index in [4.69, 9.17) is 6.42 Å². The SMILES string of the molecule is C#C[C@@](O)(C(CC)CC)C1(C#N)CCC1. The van der Waals surface area contributed by atoms with Crippen molar-refractivity contribution in [3.8, 4) is 18.4 Å². The van der Waals surface area contributed by atoms with E-state index < -0.39 is 11.0 Å². The van der Waals surface area contributed by atoms with E-state index in [0.29, 0.717) is 0 Å². The molecule has 0 saturated heterocycles. The first kappa shape index (κ1) is 12.1. The van der Waals surface area contributed by atoms with Gasteiger partial charge in [0.1, 0.15) is 5.60 Å². The third kappa shape index (κ3) is 1.54. The zero-order valence-corrected chi connectivity index (χ0v) is 9.58. The highest BCUT2D eigenvalue weighted by molar-refractivity contribution is 5.27. The van der Waals surface area contributed by atoms with Crippen LogP contribution in [-0.4, -0.2) is 10.7 Å². The summed E-state index contributed by atoms with van der Waals surface area (Å²) in [6, 6.07) is 2.26. The van der Waals surface area contributed by atoms with E-state index in [-0.39, 0.29) is 5.92 Å². The molecule has 1 rings (SSSR count). The van der Waals surface area contributed by atoms with Crippen molar-refractivity contribution in [2.75, 3.05) is 0 Å². The Kier molecular flexibility index (Phi) is 3.42. The van der Waals surface area contributed by atoms with Crippen LogP contribution in [0.1, 0.15) is 46.0 Å². The Balaban J connectivity index is 3.05. The smallest absolute Gasteiger partial charge is 0.146 e. The highest BCUT2D eigenvalue weighted by Crippen LogP contribution is 2.52. The van der Waals surface area contributed by atoms with Crippen LogP contribution in [0.15, 0.2) is 0 Å². The van der Waals surface area contributed by atoms with E-state index in [1.165, 1.54) is 0 Å². The lowest BCUT2D eigenvalue weighted by atomic mass is 9.55. The van der Waals surface area contributed by atoms with Gasteiger partial charge in [-0.3, -0.25) is 0 Å². The van der Waals surface area contributed by atoms with Gasteiger partial charge in [0, 0.05) is 5.92 Å². The lowest BCUT2D eigenvalue weighted by molar-refractivity contribution is -0.0909. The fourth-order valence-corrected chi connectivity index (χ4v) is 2.63. The normalized spacial score (nSPS) is 22.3. The van der Waals surface area contributed by atoms with E-state index in [1.807, 2.05) is 13.8 Å². The molecule has 1 saturated carbocycles. The molecule has 1 N–H and O–H groups in total. The van der Waals surface area contributed by atoms with E-state index in [2.05, 4.69) is 12.0 Å². The molecule has 2 heteroatoms. The molecule has 0 spiro atoms. The molecule has 0 bridgehead atoms. The zero-order valence-electron chi connectivity index (χ0n) is 9.58. The Morgan fingerprint density at radius 2 is 2.00 bits per heavy atom. The molecule has 0 heterocycles. The average Bonchev–Trinajstić information content (AvgIpc) is 2.18. The predicted molar refractivity (Wildman–Crippen MR) is 59.8 cm³/mol. The summed E-state index contributed by atoms with van der Waals surface area (Å²) in [5.41, 5.74) is -1.91. The summed E-state index contributed by atoms with van der Waals surface area (Å²) in [7, 11) is 0. The van der Waals surface area contributed by atoms with Crippen molar-refractivity contribution >= 4 is 0 Å². The van der Waals surface area contributed by atoms with E-state index in [1.54, 1.807) is 0 Å². The number of hydrogen-bond donors (Lipinski definition) is 1. The van der Waals surface area contributed by atoms with Crippen molar-refractivity contribution in [1.29, 1.82) is 5.26 Å². The zero-order chi connectivity index (χ0) is 11.5. The molecule has 0 radical (unpaired) electrons. The average molecular weight is 205 g/mol. The monoisotopic (exact) mass is 205 g/mol. The van der Waals surface area contributed by atoms with Gasteiger partial charge in [-0.2, -0.15) is 5.26 Å². The third-order valence-electron chi connectivity index (χ3n) is 3.95. The van der Waals surface area contributed by atoms with Crippen molar-refractivity contribution in [2.45, 2.75) is 51.6 Å². The predicted octanol–water partition coefficient (Wildman–Crippen LogP) is 2.48. The molecule has 1 aliphatic rings. The van der Waals surface area contributed by atoms with Gasteiger partial charge in [0.15, 0.2) is 0 Å². The molecular weight excluding hydrogens is 186 g/mol. The second kappa shape index (κ2) is 4.25. The minimum atomic E-state index is -1.23. The van der Waals surface area contributed by atoms with Gasteiger partial charge < -0.3 is 5.11 Å². The summed E-state index contributed by atoms with van der Waals surface area (Å²) in [4.78, 5) is 0. The molecule has 82 valence electrons. The van der Waals surface area contributed by atoms with Gasteiger partial charge in [0.05, 0.1) is 11.5 Å². The Morgan fingerprint density at radius 3 is 2.20 bits per heavy atom. The summed E-state index contributed by atoms with van der Waals surface area (Å²) in [6.45, 7) is 4.03. The minimum Gasteiger partial charge on any atom is -0.376 e. The molecule has 0 aromatic carbocycles. The minimum absolute atomic E-state index is 0.0300. The summed E-state index contributed by atoms with van der Waals surface area (Å²) < 4.78 is 0. The number of aliphatic hydroxyl groups is 1. The molecule has 0 amide bonds. The summed E-state index contributed by atoms with van der Waals surface area (Å²) in [5.74, 6) is 2.54. The standard InChI is InChI=1S/C13H19NO/c1-4-11(5-2)13(15,6-3)12(10-14)8-7-9-12/h3,11,15H,4-5,7-9H2,1-2H3/t13-/m1/s1. The molecule has 0 aromatic heterocycles. The van der Waals surface area contributed by atoms with Crippen LogP contribution in [0.5, 0.6) is 0 Å². The van der Waals surface area contributed by atoms with Crippen LogP contribution in [0.2, 0.25) is 0 Å². The Morgan fingerprint density at radius 1 is 1.47 bits per heavy atom. The largest absolute Gasteiger partial charge is 0.376 e. The van der Waals surface area contributed by atoms with Crippen LogP contribution >= 0.6 is 0 Å². The van der Waals surface area contributed by atoms with E-state index in [0.717, 1.165) is 32.1 Å². The van der Waals surface area contributed by atoms with Crippen molar-refractivity contribution in [3.63, 3.8) is 0 Å². The maximum Gasteiger partial charge on any atom is 0.146 e. The van der Waals surface area contributed by atoms with Gasteiger partial charge in [-0.1, -0.05) is 19.8 Å². The lowest BCUT2D eigenvalue weighted by Gasteiger charge is -2.49. The second-order valence-electron chi connectivity index (χ2n) is 4.47. The number of nitriles is 1. The highest BCUT2D eigenvalue weighted by atomic mass is 16.3. The van der Waals surface area contributed by atoms with Crippen molar-refractivity contribution in [1.82, 2.24) is 0 Å². The lowest BCUT2D eigenvalue weighted by Crippen LogP contribution is -2.55. The summed E-state index contributed by atoms with van der Waals surface area (Å²) >= 11 is 0. The number of hydrogen-bond acceptors (Lipinski definition) is 2. The van der Waals surface area contributed by atoms with Gasteiger partial charge in [0.25, 0.3) is 0 Å². The van der Waals surface area contributed by atoms with Gasteiger partial charge in [-0.05, 0) is 32.1 Å². The number of nitrogens with zero attached hydrogens (tertiary/aromatic N) is 1. The molecular formula is C13H19NO. The van der Waals surface area contributed by atoms with Crippen LogP contribution in [-0.2, 0) is 0 Å². The van der Waals surface area contributed by atoms with Crippen LogP contribution in [0.3, 0.4) is 0 Å². The van der Waals surface area contributed by atoms with E-state index >= 15 is 0 Å². The van der Waals surface area contributed by atoms with Gasteiger partial charge in [0.2, 0.25) is 0 Å². The van der Waals surface area contributed by atoms with Crippen molar-refractivity contribution in [3.05, 3.63) is 0 Å². The topological polar surface area (TPSA) is 44.0 Å². The van der Waals surface area contributed by atoms with Crippen LogP contribution < -0.4 is 0 Å². The molecule has 15 heavy (non-hydrogen) atoms. The number of terminal acetylenes is 1. The number of rotatable bonds is 4. The Labute approximate surface area is 92.3 Å². The molecule has 1 atom stereocenters. The molecule has 1 fully saturated rings. The third-order valence-corrected chi connectivity index (χ3v) is 3.95. The van der Waals surface area contributed by atoms with Crippen LogP contribution in [0.4, 0.5) is 0 Å². The quantitative estimate of drug-likeness (QED) is 0.716.